The lowest BCUT2D eigenvalue weighted by atomic mass is 10.0. The van der Waals surface area contributed by atoms with Crippen molar-refractivity contribution in [2.45, 2.75) is 13.8 Å². The number of hydrogen-bond acceptors (Lipinski definition) is 4. The lowest BCUT2D eigenvalue weighted by Crippen LogP contribution is -2.24. The van der Waals surface area contributed by atoms with Crippen LogP contribution in [0.15, 0.2) is 65.4 Å². The number of carbonyl (C=O) groups excluding carboxylic acids is 2. The molecule has 0 aromatic heterocycles. The minimum Gasteiger partial charge on any atom is -0.478 e. The summed E-state index contributed by atoms with van der Waals surface area (Å²) >= 11 is 0. The van der Waals surface area contributed by atoms with Gasteiger partial charge < -0.3 is 9.84 Å². The number of carboxylic acid groups (broad SMARTS) is 1. The molecule has 0 saturated heterocycles. The van der Waals surface area contributed by atoms with Crippen molar-refractivity contribution in [2.75, 3.05) is 12.0 Å². The number of carboxylic acids is 1. The molecule has 1 amide bonds. The van der Waals surface area contributed by atoms with E-state index in [2.05, 4.69) is 0 Å². The van der Waals surface area contributed by atoms with Crippen LogP contribution >= 0.6 is 0 Å². The molecule has 0 radical (unpaired) electrons. The number of rotatable bonds is 4. The highest BCUT2D eigenvalue weighted by atomic mass is 16.5. The van der Waals surface area contributed by atoms with Crippen LogP contribution in [-0.2, 0) is 14.3 Å². The standard InChI is InChI=1S/C22H19NO5/c1-13-5-4-6-17(11-13)23-14(2)19(22(27)28-3)18(20(23)24)12-15-7-9-16(10-8-15)21(25)26/h4-12H,1-3H3,(H,25,26). The van der Waals surface area contributed by atoms with Gasteiger partial charge in [0.15, 0.2) is 0 Å². The Bertz CT molecular complexity index is 1030. The molecule has 0 unspecified atom stereocenters. The third kappa shape index (κ3) is 3.44. The lowest BCUT2D eigenvalue weighted by molar-refractivity contribution is -0.136. The molecule has 1 N–H and O–H groups in total. The van der Waals surface area contributed by atoms with Gasteiger partial charge in [0.05, 0.1) is 23.8 Å². The summed E-state index contributed by atoms with van der Waals surface area (Å²) in [6.07, 6.45) is 1.57. The van der Waals surface area contributed by atoms with E-state index in [0.717, 1.165) is 5.56 Å². The van der Waals surface area contributed by atoms with Crippen molar-refractivity contribution in [2.24, 2.45) is 0 Å². The van der Waals surface area contributed by atoms with Crippen LogP contribution in [0.2, 0.25) is 0 Å². The number of ether oxygens (including phenoxy) is 1. The summed E-state index contributed by atoms with van der Waals surface area (Å²) in [5.74, 6) is -1.98. The minimum absolute atomic E-state index is 0.140. The summed E-state index contributed by atoms with van der Waals surface area (Å²) < 4.78 is 4.89. The highest BCUT2D eigenvalue weighted by molar-refractivity contribution is 6.23. The van der Waals surface area contributed by atoms with Crippen LogP contribution in [0, 0.1) is 6.92 Å². The van der Waals surface area contributed by atoms with E-state index in [4.69, 9.17) is 9.84 Å². The molecule has 3 rings (SSSR count). The normalized spacial score (nSPS) is 15.3. The largest absolute Gasteiger partial charge is 0.478 e. The van der Waals surface area contributed by atoms with Gasteiger partial charge in [-0.05, 0) is 55.3 Å². The highest BCUT2D eigenvalue weighted by Crippen LogP contribution is 2.35. The van der Waals surface area contributed by atoms with Gasteiger partial charge in [-0.15, -0.1) is 0 Å². The minimum atomic E-state index is -1.03. The first-order valence-electron chi connectivity index (χ1n) is 8.59. The summed E-state index contributed by atoms with van der Waals surface area (Å²) in [6, 6.07) is 13.5. The van der Waals surface area contributed by atoms with E-state index >= 15 is 0 Å². The first kappa shape index (κ1) is 19.1. The predicted molar refractivity (Wildman–Crippen MR) is 105 cm³/mol. The Hall–Kier alpha value is -3.67. The molecular weight excluding hydrogens is 358 g/mol. The fourth-order valence-corrected chi connectivity index (χ4v) is 3.15. The molecular formula is C22H19NO5. The van der Waals surface area contributed by atoms with Crippen LogP contribution in [0.4, 0.5) is 5.69 Å². The third-order valence-electron chi connectivity index (χ3n) is 4.52. The van der Waals surface area contributed by atoms with Crippen LogP contribution in [-0.4, -0.2) is 30.1 Å². The molecule has 0 saturated carbocycles. The Morgan fingerprint density at radius 3 is 2.32 bits per heavy atom. The maximum Gasteiger partial charge on any atom is 0.340 e. The zero-order valence-electron chi connectivity index (χ0n) is 15.7. The predicted octanol–water partition coefficient (Wildman–Crippen LogP) is 3.57. The molecule has 0 atom stereocenters. The van der Waals surface area contributed by atoms with Crippen LogP contribution in [0.25, 0.3) is 6.08 Å². The fourth-order valence-electron chi connectivity index (χ4n) is 3.15. The Kier molecular flexibility index (Phi) is 5.13. The zero-order valence-corrected chi connectivity index (χ0v) is 15.7. The summed E-state index contributed by atoms with van der Waals surface area (Å²) in [6.45, 7) is 3.62. The number of allylic oxidation sites excluding steroid dienone is 1. The van der Waals surface area contributed by atoms with Gasteiger partial charge in [0.1, 0.15) is 0 Å². The number of benzene rings is 2. The molecule has 2 aromatic carbocycles. The van der Waals surface area contributed by atoms with Crippen molar-refractivity contribution >= 4 is 29.6 Å². The Labute approximate surface area is 162 Å². The molecule has 6 nitrogen and oxygen atoms in total. The van der Waals surface area contributed by atoms with Gasteiger partial charge in [-0.3, -0.25) is 9.69 Å². The molecule has 1 aliphatic heterocycles. The second-order valence-electron chi connectivity index (χ2n) is 6.42. The molecule has 2 aromatic rings. The van der Waals surface area contributed by atoms with Crippen molar-refractivity contribution in [3.8, 4) is 0 Å². The van der Waals surface area contributed by atoms with Gasteiger partial charge in [0, 0.05) is 11.4 Å². The Balaban J connectivity index is 2.10. The van der Waals surface area contributed by atoms with Crippen LogP contribution in [0.1, 0.15) is 28.4 Å². The van der Waals surface area contributed by atoms with E-state index in [9.17, 15) is 14.4 Å². The Morgan fingerprint density at radius 2 is 1.75 bits per heavy atom. The number of anilines is 1. The van der Waals surface area contributed by atoms with Crippen molar-refractivity contribution in [1.29, 1.82) is 0 Å². The topological polar surface area (TPSA) is 83.9 Å². The molecule has 6 heteroatoms. The number of nitrogens with zero attached hydrogens (tertiary/aromatic N) is 1. The van der Waals surface area contributed by atoms with Crippen molar-refractivity contribution < 1.29 is 24.2 Å². The van der Waals surface area contributed by atoms with Gasteiger partial charge in [-0.2, -0.15) is 0 Å². The average molecular weight is 377 g/mol. The summed E-state index contributed by atoms with van der Waals surface area (Å²) in [5.41, 5.74) is 3.27. The second kappa shape index (κ2) is 7.52. The maximum absolute atomic E-state index is 13.2. The first-order chi connectivity index (χ1) is 13.3. The average Bonchev–Trinajstić information content (AvgIpc) is 2.91. The van der Waals surface area contributed by atoms with Gasteiger partial charge in [-0.25, -0.2) is 9.59 Å². The Morgan fingerprint density at radius 1 is 1.07 bits per heavy atom. The van der Waals surface area contributed by atoms with E-state index in [-0.39, 0.29) is 22.6 Å². The molecule has 28 heavy (non-hydrogen) atoms. The SMILES string of the molecule is COC(=O)C1=C(C)N(c2cccc(C)c2)C(=O)C1=Cc1ccc(C(=O)O)cc1. The van der Waals surface area contributed by atoms with Crippen molar-refractivity contribution in [3.63, 3.8) is 0 Å². The van der Waals surface area contributed by atoms with Gasteiger partial charge in [0.2, 0.25) is 0 Å². The molecule has 0 aliphatic carbocycles. The smallest absolute Gasteiger partial charge is 0.340 e. The molecule has 1 heterocycles. The maximum atomic E-state index is 13.2. The molecule has 0 fully saturated rings. The summed E-state index contributed by atoms with van der Waals surface area (Å²) in [7, 11) is 1.27. The van der Waals surface area contributed by atoms with E-state index in [1.165, 1.54) is 24.1 Å². The van der Waals surface area contributed by atoms with Crippen LogP contribution in [0.3, 0.4) is 0 Å². The van der Waals surface area contributed by atoms with Gasteiger partial charge in [-0.1, -0.05) is 24.3 Å². The fraction of sp³-hybridized carbons (Fsp3) is 0.136. The van der Waals surface area contributed by atoms with E-state index in [1.54, 1.807) is 31.2 Å². The number of hydrogen-bond donors (Lipinski definition) is 1. The molecule has 0 bridgehead atoms. The zero-order chi connectivity index (χ0) is 20.4. The number of methoxy groups -OCH3 is 1. The number of amides is 1. The number of carbonyl (C=O) groups is 3. The lowest BCUT2D eigenvalue weighted by Gasteiger charge is -2.18. The summed E-state index contributed by atoms with van der Waals surface area (Å²) in [5, 5.41) is 9.02. The second-order valence-corrected chi connectivity index (χ2v) is 6.42. The number of aromatic carboxylic acids is 1. The van der Waals surface area contributed by atoms with Crippen molar-refractivity contribution in [1.82, 2.24) is 0 Å². The van der Waals surface area contributed by atoms with Gasteiger partial charge >= 0.3 is 11.9 Å². The number of aryl methyl sites for hydroxylation is 1. The molecule has 142 valence electrons. The van der Waals surface area contributed by atoms with E-state index < -0.39 is 11.9 Å². The highest BCUT2D eigenvalue weighted by Gasteiger charge is 2.37. The van der Waals surface area contributed by atoms with E-state index in [0.29, 0.717) is 16.9 Å². The van der Waals surface area contributed by atoms with Crippen molar-refractivity contribution in [3.05, 3.63) is 82.1 Å². The third-order valence-corrected chi connectivity index (χ3v) is 4.52. The summed E-state index contributed by atoms with van der Waals surface area (Å²) in [4.78, 5) is 38.0. The number of esters is 1. The van der Waals surface area contributed by atoms with Crippen LogP contribution in [0.5, 0.6) is 0 Å². The van der Waals surface area contributed by atoms with Gasteiger partial charge in [0.25, 0.3) is 5.91 Å². The monoisotopic (exact) mass is 377 g/mol. The molecule has 1 aliphatic rings. The van der Waals surface area contributed by atoms with Crippen LogP contribution < -0.4 is 4.90 Å². The quantitative estimate of drug-likeness (QED) is 0.650. The van der Waals surface area contributed by atoms with E-state index in [1.807, 2.05) is 25.1 Å². The first-order valence-corrected chi connectivity index (χ1v) is 8.59. The molecule has 0 spiro atoms.